The number of fused-ring (bicyclic) bond motifs is 5. The summed E-state index contributed by atoms with van der Waals surface area (Å²) in [5.41, 5.74) is 1.90. The molecule has 0 saturated carbocycles. The molecule has 0 spiro atoms. The summed E-state index contributed by atoms with van der Waals surface area (Å²) in [6.07, 6.45) is 0. The molecule has 1 nitrogen and oxygen atoms in total. The molecule has 0 amide bonds. The quantitative estimate of drug-likeness (QED) is 0.417. The minimum Gasteiger partial charge on any atom is -0.456 e. The third-order valence-electron chi connectivity index (χ3n) is 3.32. The smallest absolute Gasteiger partial charge is 0.136 e. The van der Waals surface area contributed by atoms with E-state index in [9.17, 15) is 0 Å². The van der Waals surface area contributed by atoms with Gasteiger partial charge < -0.3 is 4.42 Å². The number of hydrogen-bond acceptors (Lipinski definition) is 1. The zero-order valence-electron chi connectivity index (χ0n) is 9.48. The second-order valence-electron chi connectivity index (χ2n) is 4.40. The van der Waals surface area contributed by atoms with Gasteiger partial charge in [-0.3, -0.25) is 0 Å². The van der Waals surface area contributed by atoms with Crippen molar-refractivity contribution in [3.05, 3.63) is 59.1 Å². The minimum atomic E-state index is 0.947. The van der Waals surface area contributed by atoms with Gasteiger partial charge in [0, 0.05) is 15.2 Å². The molecule has 0 bridgehead atoms. The Labute approximate surface area is 112 Å². The fourth-order valence-corrected chi connectivity index (χ4v) is 2.90. The van der Waals surface area contributed by atoms with Crippen LogP contribution in [0.1, 0.15) is 0 Å². The molecule has 0 aliphatic rings. The predicted octanol–water partition coefficient (Wildman–Crippen LogP) is 5.50. The lowest BCUT2D eigenvalue weighted by Gasteiger charge is -2.00. The molecular formula is C16H9BrO. The first-order valence-corrected chi connectivity index (χ1v) is 6.62. The zero-order valence-corrected chi connectivity index (χ0v) is 11.1. The lowest BCUT2D eigenvalue weighted by molar-refractivity contribution is 0.669. The molecule has 0 aliphatic heterocycles. The minimum absolute atomic E-state index is 0.947. The Morgan fingerprint density at radius 3 is 2.61 bits per heavy atom. The van der Waals surface area contributed by atoms with Gasteiger partial charge in [-0.15, -0.1) is 0 Å². The molecule has 86 valence electrons. The summed E-state index contributed by atoms with van der Waals surface area (Å²) in [4.78, 5) is 0. The number of benzene rings is 3. The Morgan fingerprint density at radius 1 is 0.778 bits per heavy atom. The second-order valence-corrected chi connectivity index (χ2v) is 5.32. The Morgan fingerprint density at radius 2 is 1.67 bits per heavy atom. The van der Waals surface area contributed by atoms with Gasteiger partial charge in [0.05, 0.1) is 0 Å². The Balaban J connectivity index is 2.32. The summed E-state index contributed by atoms with van der Waals surface area (Å²) in [5.74, 6) is 0. The van der Waals surface area contributed by atoms with Gasteiger partial charge in [-0.25, -0.2) is 0 Å². The molecule has 1 heterocycles. The topological polar surface area (TPSA) is 13.1 Å². The normalized spacial score (nSPS) is 11.6. The van der Waals surface area contributed by atoms with Crippen molar-refractivity contribution in [1.29, 1.82) is 0 Å². The van der Waals surface area contributed by atoms with Crippen LogP contribution in [0.25, 0.3) is 32.7 Å². The molecule has 0 radical (unpaired) electrons. The van der Waals surface area contributed by atoms with Crippen LogP contribution in [-0.2, 0) is 0 Å². The van der Waals surface area contributed by atoms with E-state index >= 15 is 0 Å². The Bertz CT molecular complexity index is 889. The van der Waals surface area contributed by atoms with Crippen LogP contribution in [0.3, 0.4) is 0 Å². The maximum Gasteiger partial charge on any atom is 0.136 e. The van der Waals surface area contributed by atoms with Gasteiger partial charge >= 0.3 is 0 Å². The molecule has 4 aromatic rings. The summed E-state index contributed by atoms with van der Waals surface area (Å²) in [6.45, 7) is 0. The standard InChI is InChI=1S/C16H9BrO/c17-11-6-7-12-10(9-11)5-8-15-16(12)13-3-1-2-4-14(13)18-15/h1-9H. The molecule has 1 aromatic heterocycles. The van der Waals surface area contributed by atoms with Crippen molar-refractivity contribution in [2.45, 2.75) is 0 Å². The van der Waals surface area contributed by atoms with E-state index in [1.165, 1.54) is 21.5 Å². The third kappa shape index (κ3) is 1.33. The lowest BCUT2D eigenvalue weighted by Crippen LogP contribution is -1.74. The predicted molar refractivity (Wildman–Crippen MR) is 78.9 cm³/mol. The van der Waals surface area contributed by atoms with E-state index < -0.39 is 0 Å². The number of rotatable bonds is 0. The van der Waals surface area contributed by atoms with Gasteiger partial charge in [0.1, 0.15) is 11.2 Å². The monoisotopic (exact) mass is 296 g/mol. The number of halogens is 1. The summed E-state index contributed by atoms with van der Waals surface area (Å²) < 4.78 is 6.98. The Kier molecular flexibility index (Phi) is 2.03. The van der Waals surface area contributed by atoms with E-state index in [2.05, 4.69) is 52.3 Å². The van der Waals surface area contributed by atoms with Crippen LogP contribution in [0.5, 0.6) is 0 Å². The van der Waals surface area contributed by atoms with Gasteiger partial charge in [0.15, 0.2) is 0 Å². The van der Waals surface area contributed by atoms with Crippen molar-refractivity contribution >= 4 is 48.6 Å². The SMILES string of the molecule is Brc1ccc2c(ccc3oc4ccccc4c32)c1. The maximum absolute atomic E-state index is 5.88. The molecule has 0 unspecified atom stereocenters. The van der Waals surface area contributed by atoms with Crippen molar-refractivity contribution in [2.75, 3.05) is 0 Å². The van der Waals surface area contributed by atoms with Crippen LogP contribution in [0.4, 0.5) is 0 Å². The largest absolute Gasteiger partial charge is 0.456 e. The van der Waals surface area contributed by atoms with Crippen LogP contribution in [0.2, 0.25) is 0 Å². The first-order valence-electron chi connectivity index (χ1n) is 5.82. The van der Waals surface area contributed by atoms with Crippen molar-refractivity contribution in [3.8, 4) is 0 Å². The van der Waals surface area contributed by atoms with Crippen LogP contribution in [0.15, 0.2) is 63.5 Å². The van der Waals surface area contributed by atoms with E-state index in [0.29, 0.717) is 0 Å². The number of hydrogen-bond donors (Lipinski definition) is 0. The van der Waals surface area contributed by atoms with Crippen molar-refractivity contribution < 1.29 is 4.42 Å². The molecule has 0 atom stereocenters. The number of para-hydroxylation sites is 1. The zero-order chi connectivity index (χ0) is 12.1. The van der Waals surface area contributed by atoms with E-state index in [1.807, 2.05) is 18.2 Å². The van der Waals surface area contributed by atoms with Crippen LogP contribution in [0, 0.1) is 0 Å². The molecule has 0 N–H and O–H groups in total. The van der Waals surface area contributed by atoms with Crippen molar-refractivity contribution in [2.24, 2.45) is 0 Å². The molecule has 4 rings (SSSR count). The van der Waals surface area contributed by atoms with E-state index in [4.69, 9.17) is 4.42 Å². The molecule has 0 fully saturated rings. The summed E-state index contributed by atoms with van der Waals surface area (Å²) in [7, 11) is 0. The van der Waals surface area contributed by atoms with Gasteiger partial charge in [0.25, 0.3) is 0 Å². The fourth-order valence-electron chi connectivity index (χ4n) is 2.52. The number of furan rings is 1. The highest BCUT2D eigenvalue weighted by atomic mass is 79.9. The van der Waals surface area contributed by atoms with Gasteiger partial charge in [-0.1, -0.05) is 46.3 Å². The van der Waals surface area contributed by atoms with Crippen LogP contribution in [-0.4, -0.2) is 0 Å². The van der Waals surface area contributed by atoms with Crippen LogP contribution >= 0.6 is 15.9 Å². The van der Waals surface area contributed by atoms with Crippen molar-refractivity contribution in [3.63, 3.8) is 0 Å². The average Bonchev–Trinajstić information content (AvgIpc) is 2.77. The molecule has 18 heavy (non-hydrogen) atoms. The molecule has 0 aliphatic carbocycles. The highest BCUT2D eigenvalue weighted by Crippen LogP contribution is 2.35. The van der Waals surface area contributed by atoms with E-state index in [1.54, 1.807) is 0 Å². The maximum atomic E-state index is 5.88. The third-order valence-corrected chi connectivity index (χ3v) is 3.81. The highest BCUT2D eigenvalue weighted by Gasteiger charge is 2.09. The summed E-state index contributed by atoms with van der Waals surface area (Å²) in [5, 5.41) is 4.85. The second kappa shape index (κ2) is 3.59. The van der Waals surface area contributed by atoms with E-state index in [-0.39, 0.29) is 0 Å². The van der Waals surface area contributed by atoms with Gasteiger partial charge in [0.2, 0.25) is 0 Å². The van der Waals surface area contributed by atoms with Crippen molar-refractivity contribution in [1.82, 2.24) is 0 Å². The van der Waals surface area contributed by atoms with Gasteiger partial charge in [-0.2, -0.15) is 0 Å². The highest BCUT2D eigenvalue weighted by molar-refractivity contribution is 9.10. The Hall–Kier alpha value is -1.80. The van der Waals surface area contributed by atoms with Gasteiger partial charge in [-0.05, 0) is 35.0 Å². The lowest BCUT2D eigenvalue weighted by atomic mass is 10.0. The fraction of sp³-hybridized carbons (Fsp3) is 0. The summed E-state index contributed by atoms with van der Waals surface area (Å²) >= 11 is 3.51. The molecule has 2 heteroatoms. The average molecular weight is 297 g/mol. The molecule has 3 aromatic carbocycles. The molecular weight excluding hydrogens is 288 g/mol. The first-order chi connectivity index (χ1) is 8.83. The van der Waals surface area contributed by atoms with E-state index in [0.717, 1.165) is 15.6 Å². The van der Waals surface area contributed by atoms with Crippen LogP contribution < -0.4 is 0 Å². The molecule has 0 saturated heterocycles. The summed E-state index contributed by atoms with van der Waals surface area (Å²) in [6, 6.07) is 18.7. The first kappa shape index (κ1) is 10.2.